The summed E-state index contributed by atoms with van der Waals surface area (Å²) in [5.41, 5.74) is 4.90. The molecular formula is C17H17N3OS. The van der Waals surface area contributed by atoms with Gasteiger partial charge in [-0.25, -0.2) is 4.98 Å². The lowest BCUT2D eigenvalue weighted by molar-refractivity contribution is -0.125. The van der Waals surface area contributed by atoms with Crippen molar-refractivity contribution in [2.24, 2.45) is 7.05 Å². The molecule has 0 atom stereocenters. The van der Waals surface area contributed by atoms with Gasteiger partial charge in [-0.2, -0.15) is 0 Å². The molecule has 22 heavy (non-hydrogen) atoms. The lowest BCUT2D eigenvalue weighted by Crippen LogP contribution is -2.24. The molecule has 0 unspecified atom stereocenters. The van der Waals surface area contributed by atoms with Crippen molar-refractivity contribution in [1.82, 2.24) is 14.5 Å². The zero-order valence-electron chi connectivity index (χ0n) is 12.6. The Hall–Kier alpha value is -2.40. The Bertz CT molecular complexity index is 818. The van der Waals surface area contributed by atoms with Gasteiger partial charge < -0.3 is 9.47 Å². The van der Waals surface area contributed by atoms with Gasteiger partial charge in [0, 0.05) is 48.2 Å². The average Bonchev–Trinajstić information content (AvgIpc) is 3.14. The summed E-state index contributed by atoms with van der Waals surface area (Å²) >= 11 is 1.54. The minimum absolute atomic E-state index is 0.0269. The van der Waals surface area contributed by atoms with Gasteiger partial charge in [0.1, 0.15) is 0 Å². The molecule has 0 N–H and O–H groups in total. The quantitative estimate of drug-likeness (QED) is 0.693. The highest BCUT2D eigenvalue weighted by atomic mass is 32.1. The first kappa shape index (κ1) is 14.5. The summed E-state index contributed by atoms with van der Waals surface area (Å²) in [5, 5.41) is 3.11. The van der Waals surface area contributed by atoms with Crippen LogP contribution in [0, 0.1) is 0 Å². The van der Waals surface area contributed by atoms with Crippen LogP contribution in [0.3, 0.4) is 0 Å². The fraction of sp³-hybridized carbons (Fsp3) is 0.176. The zero-order valence-corrected chi connectivity index (χ0v) is 13.4. The third-order valence-electron chi connectivity index (χ3n) is 3.59. The molecule has 2 aromatic heterocycles. The Morgan fingerprint density at radius 1 is 1.41 bits per heavy atom. The summed E-state index contributed by atoms with van der Waals surface area (Å²) < 4.78 is 2.07. The van der Waals surface area contributed by atoms with Crippen molar-refractivity contribution in [3.8, 4) is 0 Å². The summed E-state index contributed by atoms with van der Waals surface area (Å²) in [5.74, 6) is -0.0269. The Kier molecular flexibility index (Phi) is 4.06. The highest BCUT2D eigenvalue weighted by Gasteiger charge is 2.08. The Morgan fingerprint density at radius 2 is 2.23 bits per heavy atom. The monoisotopic (exact) mass is 311 g/mol. The van der Waals surface area contributed by atoms with E-state index >= 15 is 0 Å². The third-order valence-corrected chi connectivity index (χ3v) is 4.23. The number of carbonyl (C=O) groups is 1. The summed E-state index contributed by atoms with van der Waals surface area (Å²) in [6, 6.07) is 8.17. The van der Waals surface area contributed by atoms with Crippen molar-refractivity contribution in [2.75, 3.05) is 7.05 Å². The molecule has 112 valence electrons. The first-order chi connectivity index (χ1) is 10.6. The predicted molar refractivity (Wildman–Crippen MR) is 90.5 cm³/mol. The summed E-state index contributed by atoms with van der Waals surface area (Å²) in [6.45, 7) is 0.530. The van der Waals surface area contributed by atoms with Crippen molar-refractivity contribution in [2.45, 2.75) is 6.54 Å². The van der Waals surface area contributed by atoms with E-state index in [9.17, 15) is 4.79 Å². The number of amides is 1. The molecule has 0 aliphatic rings. The molecule has 0 aliphatic heterocycles. The average molecular weight is 311 g/mol. The maximum Gasteiger partial charge on any atom is 0.246 e. The fourth-order valence-corrected chi connectivity index (χ4v) is 2.98. The Morgan fingerprint density at radius 3 is 3.00 bits per heavy atom. The van der Waals surface area contributed by atoms with Crippen LogP contribution in [-0.2, 0) is 18.4 Å². The number of hydrogen-bond donors (Lipinski definition) is 0. The number of likely N-dealkylation sites (N-methyl/N-ethyl adjacent to an activating group) is 1. The van der Waals surface area contributed by atoms with Crippen molar-refractivity contribution in [3.63, 3.8) is 0 Å². The molecule has 0 spiro atoms. The first-order valence-corrected chi connectivity index (χ1v) is 7.94. The standard InChI is InChI=1S/C17H17N3OS/c1-19-9-13(15-5-3-4-6-16(15)19)7-8-17(21)20(2)10-14-11-22-12-18-14/h3-9,11-12H,10H2,1-2H3. The number of nitrogens with zero attached hydrogens (tertiary/aromatic N) is 3. The molecule has 0 bridgehead atoms. The number of para-hydroxylation sites is 1. The molecule has 0 saturated heterocycles. The van der Waals surface area contributed by atoms with Crippen LogP contribution in [0.1, 0.15) is 11.3 Å². The van der Waals surface area contributed by atoms with Crippen LogP contribution in [0.2, 0.25) is 0 Å². The van der Waals surface area contributed by atoms with E-state index < -0.39 is 0 Å². The van der Waals surface area contributed by atoms with Crippen molar-refractivity contribution >= 4 is 34.2 Å². The molecule has 3 aromatic rings. The lowest BCUT2D eigenvalue weighted by atomic mass is 10.1. The molecule has 3 rings (SSSR count). The van der Waals surface area contributed by atoms with Gasteiger partial charge in [0.05, 0.1) is 17.7 Å². The number of thiazole rings is 1. The minimum atomic E-state index is -0.0269. The molecule has 0 radical (unpaired) electrons. The number of carbonyl (C=O) groups excluding carboxylic acids is 1. The molecule has 2 heterocycles. The molecule has 1 amide bonds. The van der Waals surface area contributed by atoms with Crippen LogP contribution in [0.15, 0.2) is 47.4 Å². The van der Waals surface area contributed by atoms with Crippen LogP contribution >= 0.6 is 11.3 Å². The number of benzene rings is 1. The fourth-order valence-electron chi connectivity index (χ4n) is 2.43. The van der Waals surface area contributed by atoms with Gasteiger partial charge >= 0.3 is 0 Å². The van der Waals surface area contributed by atoms with Gasteiger partial charge in [0.25, 0.3) is 0 Å². The van der Waals surface area contributed by atoms with Crippen molar-refractivity contribution in [3.05, 3.63) is 58.7 Å². The van der Waals surface area contributed by atoms with Gasteiger partial charge in [-0.05, 0) is 12.1 Å². The maximum atomic E-state index is 12.2. The van der Waals surface area contributed by atoms with Crippen LogP contribution in [0.5, 0.6) is 0 Å². The maximum absolute atomic E-state index is 12.2. The van der Waals surface area contributed by atoms with Crippen LogP contribution < -0.4 is 0 Å². The second-order valence-electron chi connectivity index (χ2n) is 5.22. The van der Waals surface area contributed by atoms with Crippen molar-refractivity contribution < 1.29 is 4.79 Å². The van der Waals surface area contributed by atoms with E-state index in [1.54, 1.807) is 23.5 Å². The van der Waals surface area contributed by atoms with E-state index in [0.29, 0.717) is 6.54 Å². The van der Waals surface area contributed by atoms with Gasteiger partial charge in [0.2, 0.25) is 5.91 Å². The second-order valence-corrected chi connectivity index (χ2v) is 5.94. The predicted octanol–water partition coefficient (Wildman–Crippen LogP) is 3.31. The zero-order chi connectivity index (χ0) is 15.5. The van der Waals surface area contributed by atoms with Crippen LogP contribution in [0.25, 0.3) is 17.0 Å². The van der Waals surface area contributed by atoms with Gasteiger partial charge in [-0.1, -0.05) is 18.2 Å². The molecule has 0 fully saturated rings. The van der Waals surface area contributed by atoms with E-state index in [1.165, 1.54) is 11.3 Å². The van der Waals surface area contributed by atoms with E-state index in [4.69, 9.17) is 0 Å². The van der Waals surface area contributed by atoms with Gasteiger partial charge in [-0.3, -0.25) is 4.79 Å². The molecular weight excluding hydrogens is 294 g/mol. The molecule has 0 aliphatic carbocycles. The Balaban J connectivity index is 1.76. The summed E-state index contributed by atoms with van der Waals surface area (Å²) in [6.07, 6.45) is 5.53. The van der Waals surface area contributed by atoms with Crippen LogP contribution in [0.4, 0.5) is 0 Å². The first-order valence-electron chi connectivity index (χ1n) is 6.99. The molecule has 0 saturated carbocycles. The highest BCUT2D eigenvalue weighted by Crippen LogP contribution is 2.21. The summed E-state index contributed by atoms with van der Waals surface area (Å²) in [7, 11) is 3.80. The van der Waals surface area contributed by atoms with Crippen LogP contribution in [-0.4, -0.2) is 27.4 Å². The Labute approximate surface area is 133 Å². The summed E-state index contributed by atoms with van der Waals surface area (Å²) in [4.78, 5) is 18.1. The number of aromatic nitrogens is 2. The van der Waals surface area contributed by atoms with E-state index in [2.05, 4.69) is 21.7 Å². The molecule has 1 aromatic carbocycles. The topological polar surface area (TPSA) is 38.1 Å². The normalized spacial score (nSPS) is 11.4. The number of fused-ring (bicyclic) bond motifs is 1. The van der Waals surface area contributed by atoms with Gasteiger partial charge in [0.15, 0.2) is 0 Å². The largest absolute Gasteiger partial charge is 0.350 e. The smallest absolute Gasteiger partial charge is 0.246 e. The van der Waals surface area contributed by atoms with Gasteiger partial charge in [-0.15, -0.1) is 11.3 Å². The molecule has 5 heteroatoms. The van der Waals surface area contributed by atoms with Crippen molar-refractivity contribution in [1.29, 1.82) is 0 Å². The minimum Gasteiger partial charge on any atom is -0.350 e. The van der Waals surface area contributed by atoms with E-state index in [1.807, 2.05) is 36.8 Å². The number of hydrogen-bond acceptors (Lipinski definition) is 3. The second kappa shape index (κ2) is 6.15. The number of aryl methyl sites for hydroxylation is 1. The number of rotatable bonds is 4. The highest BCUT2D eigenvalue weighted by molar-refractivity contribution is 7.07. The molecule has 4 nitrogen and oxygen atoms in total. The lowest BCUT2D eigenvalue weighted by Gasteiger charge is -2.12. The third kappa shape index (κ3) is 2.94. The van der Waals surface area contributed by atoms with E-state index in [0.717, 1.165) is 22.2 Å². The SMILES string of the molecule is CN(Cc1cscn1)C(=O)C=Cc1cn(C)c2ccccc12. The van der Waals surface area contributed by atoms with E-state index in [-0.39, 0.29) is 5.91 Å².